The minimum absolute atomic E-state index is 0.0396. The number of rotatable bonds is 9. The number of hydrogen-bond acceptors (Lipinski definition) is 4. The number of benzene rings is 3. The summed E-state index contributed by atoms with van der Waals surface area (Å²) in [5, 5.41) is 0. The van der Waals surface area contributed by atoms with E-state index in [9.17, 15) is 0 Å². The fraction of sp³-hybridized carbons (Fsp3) is 0.400. The van der Waals surface area contributed by atoms with Gasteiger partial charge in [0.15, 0.2) is 0 Å². The van der Waals surface area contributed by atoms with Gasteiger partial charge in [-0.3, -0.25) is 4.90 Å². The van der Waals surface area contributed by atoms with Crippen molar-refractivity contribution < 1.29 is 9.47 Å². The minimum Gasteiger partial charge on any atom is -0.495 e. The van der Waals surface area contributed by atoms with Crippen molar-refractivity contribution in [2.45, 2.75) is 39.2 Å². The topological polar surface area (TPSA) is 24.9 Å². The van der Waals surface area contributed by atoms with Crippen molar-refractivity contribution in [3.8, 4) is 11.5 Å². The lowest BCUT2D eigenvalue weighted by atomic mass is 9.98. The fourth-order valence-electron chi connectivity index (χ4n) is 4.90. The first-order valence-corrected chi connectivity index (χ1v) is 12.5. The van der Waals surface area contributed by atoms with Crippen molar-refractivity contribution >= 4 is 5.69 Å². The molecule has 0 N–H and O–H groups in total. The molecular weight excluding hydrogens is 420 g/mol. The molecule has 34 heavy (non-hydrogen) atoms. The molecule has 3 aromatic rings. The van der Waals surface area contributed by atoms with Crippen molar-refractivity contribution in [2.75, 3.05) is 44.7 Å². The van der Waals surface area contributed by atoms with E-state index in [1.807, 2.05) is 12.1 Å². The molecule has 0 aliphatic carbocycles. The zero-order chi connectivity index (χ0) is 23.9. The van der Waals surface area contributed by atoms with E-state index >= 15 is 0 Å². The lowest BCUT2D eigenvalue weighted by Gasteiger charge is -2.37. The van der Waals surface area contributed by atoms with E-state index in [4.69, 9.17) is 9.47 Å². The highest BCUT2D eigenvalue weighted by Crippen LogP contribution is 2.30. The molecule has 1 heterocycles. The lowest BCUT2D eigenvalue weighted by molar-refractivity contribution is 0.160. The Kier molecular flexibility index (Phi) is 8.12. The molecule has 3 aromatic carbocycles. The number of hydrogen-bond donors (Lipinski definition) is 0. The molecule has 4 rings (SSSR count). The first-order chi connectivity index (χ1) is 16.5. The highest BCUT2D eigenvalue weighted by molar-refractivity contribution is 5.58. The SMILES string of the molecule is COc1ccccc1N1CCN(CC[C@H](Oc2ccc(C(C)C)c(C)c2)c2ccccc2)CC1. The van der Waals surface area contributed by atoms with Gasteiger partial charge in [-0.2, -0.15) is 0 Å². The van der Waals surface area contributed by atoms with Gasteiger partial charge in [0.05, 0.1) is 12.8 Å². The standard InChI is InChI=1S/C30H38N2O2/c1-23(2)27-15-14-26(22-24(27)3)34-29(25-10-6-5-7-11-25)16-17-31-18-20-32(21-19-31)28-12-8-9-13-30(28)33-4/h5-15,22-23,29H,16-21H2,1-4H3/t29-/m0/s1. The third kappa shape index (κ3) is 5.92. The van der Waals surface area contributed by atoms with Gasteiger partial charge in [0.1, 0.15) is 17.6 Å². The van der Waals surface area contributed by atoms with Crippen molar-refractivity contribution in [3.05, 3.63) is 89.5 Å². The van der Waals surface area contributed by atoms with Crippen molar-refractivity contribution in [1.82, 2.24) is 4.90 Å². The van der Waals surface area contributed by atoms with Crippen LogP contribution in [-0.2, 0) is 0 Å². The number of methoxy groups -OCH3 is 1. The van der Waals surface area contributed by atoms with E-state index in [0.29, 0.717) is 5.92 Å². The summed E-state index contributed by atoms with van der Waals surface area (Å²) in [7, 11) is 1.75. The summed E-state index contributed by atoms with van der Waals surface area (Å²) in [4.78, 5) is 4.98. The van der Waals surface area contributed by atoms with Crippen molar-refractivity contribution in [3.63, 3.8) is 0 Å². The molecule has 0 spiro atoms. The molecular formula is C30H38N2O2. The van der Waals surface area contributed by atoms with E-state index < -0.39 is 0 Å². The van der Waals surface area contributed by atoms with Gasteiger partial charge in [-0.25, -0.2) is 0 Å². The second kappa shape index (κ2) is 11.4. The van der Waals surface area contributed by atoms with Gasteiger partial charge < -0.3 is 14.4 Å². The Morgan fingerprint density at radius 3 is 2.24 bits per heavy atom. The molecule has 4 nitrogen and oxygen atoms in total. The van der Waals surface area contributed by atoms with Crippen LogP contribution in [0.15, 0.2) is 72.8 Å². The molecule has 0 saturated carbocycles. The van der Waals surface area contributed by atoms with E-state index in [1.165, 1.54) is 22.4 Å². The molecule has 0 amide bonds. The summed E-state index contributed by atoms with van der Waals surface area (Å²) in [6, 6.07) is 25.5. The first kappa shape index (κ1) is 24.2. The van der Waals surface area contributed by atoms with Gasteiger partial charge in [0.25, 0.3) is 0 Å². The minimum atomic E-state index is 0.0396. The number of aryl methyl sites for hydroxylation is 1. The molecule has 0 unspecified atom stereocenters. The average molecular weight is 459 g/mol. The number of piperazine rings is 1. The van der Waals surface area contributed by atoms with Crippen molar-refractivity contribution in [1.29, 1.82) is 0 Å². The van der Waals surface area contributed by atoms with Gasteiger partial charge in [0.2, 0.25) is 0 Å². The molecule has 1 atom stereocenters. The third-order valence-electron chi connectivity index (χ3n) is 6.82. The monoisotopic (exact) mass is 458 g/mol. The molecule has 1 aliphatic heterocycles. The average Bonchev–Trinajstić information content (AvgIpc) is 2.87. The van der Waals surface area contributed by atoms with Gasteiger partial charge in [-0.05, 0) is 53.8 Å². The molecule has 4 heteroatoms. The predicted molar refractivity (Wildman–Crippen MR) is 141 cm³/mol. The maximum atomic E-state index is 6.57. The number of ether oxygens (including phenoxy) is 2. The summed E-state index contributed by atoms with van der Waals surface area (Å²) >= 11 is 0. The summed E-state index contributed by atoms with van der Waals surface area (Å²) in [5.74, 6) is 2.43. The third-order valence-corrected chi connectivity index (χ3v) is 6.82. The van der Waals surface area contributed by atoms with E-state index in [1.54, 1.807) is 7.11 Å². The second-order valence-corrected chi connectivity index (χ2v) is 9.48. The highest BCUT2D eigenvalue weighted by atomic mass is 16.5. The lowest BCUT2D eigenvalue weighted by Crippen LogP contribution is -2.47. The largest absolute Gasteiger partial charge is 0.495 e. The molecule has 0 aromatic heterocycles. The Morgan fingerprint density at radius 1 is 0.853 bits per heavy atom. The predicted octanol–water partition coefficient (Wildman–Crippen LogP) is 6.46. The number of anilines is 1. The van der Waals surface area contributed by atoms with E-state index in [2.05, 4.69) is 91.2 Å². The maximum Gasteiger partial charge on any atom is 0.142 e. The van der Waals surface area contributed by atoms with Crippen LogP contribution in [0.3, 0.4) is 0 Å². The molecule has 1 aliphatic rings. The van der Waals surface area contributed by atoms with Crippen LogP contribution in [0.5, 0.6) is 11.5 Å². The van der Waals surface area contributed by atoms with Crippen LogP contribution in [0, 0.1) is 6.92 Å². The van der Waals surface area contributed by atoms with E-state index in [-0.39, 0.29) is 6.10 Å². The Hall–Kier alpha value is -2.98. The first-order valence-electron chi connectivity index (χ1n) is 12.5. The summed E-state index contributed by atoms with van der Waals surface area (Å²) in [6.07, 6.45) is 1.00. The smallest absolute Gasteiger partial charge is 0.142 e. The maximum absolute atomic E-state index is 6.57. The Morgan fingerprint density at radius 2 is 1.56 bits per heavy atom. The van der Waals surface area contributed by atoms with Crippen LogP contribution >= 0.6 is 0 Å². The Bertz CT molecular complexity index is 1040. The highest BCUT2D eigenvalue weighted by Gasteiger charge is 2.22. The van der Waals surface area contributed by atoms with Crippen LogP contribution in [-0.4, -0.2) is 44.7 Å². The second-order valence-electron chi connectivity index (χ2n) is 9.48. The summed E-state index contributed by atoms with van der Waals surface area (Å²) in [5.41, 5.74) is 5.11. The van der Waals surface area contributed by atoms with Gasteiger partial charge in [0, 0.05) is 39.1 Å². The van der Waals surface area contributed by atoms with Gasteiger partial charge in [-0.1, -0.05) is 62.4 Å². The van der Waals surface area contributed by atoms with Gasteiger partial charge in [-0.15, -0.1) is 0 Å². The van der Waals surface area contributed by atoms with Crippen LogP contribution < -0.4 is 14.4 Å². The zero-order valence-electron chi connectivity index (χ0n) is 21.0. The summed E-state index contributed by atoms with van der Waals surface area (Å²) < 4.78 is 12.1. The van der Waals surface area contributed by atoms with Gasteiger partial charge >= 0.3 is 0 Å². The summed E-state index contributed by atoms with van der Waals surface area (Å²) in [6.45, 7) is 11.8. The fourth-order valence-corrected chi connectivity index (χ4v) is 4.90. The zero-order valence-corrected chi connectivity index (χ0v) is 21.0. The molecule has 180 valence electrons. The molecule has 0 radical (unpaired) electrons. The molecule has 1 fully saturated rings. The number of nitrogens with zero attached hydrogens (tertiary/aromatic N) is 2. The normalized spacial score (nSPS) is 15.4. The van der Waals surface area contributed by atoms with Crippen molar-refractivity contribution in [2.24, 2.45) is 0 Å². The van der Waals surface area contributed by atoms with Crippen LogP contribution in [0.4, 0.5) is 5.69 Å². The molecule has 0 bridgehead atoms. The van der Waals surface area contributed by atoms with E-state index in [0.717, 1.165) is 50.6 Å². The number of para-hydroxylation sites is 2. The van der Waals surface area contributed by atoms with Crippen LogP contribution in [0.2, 0.25) is 0 Å². The Balaban J connectivity index is 1.39. The van der Waals surface area contributed by atoms with Crippen LogP contribution in [0.25, 0.3) is 0 Å². The quantitative estimate of drug-likeness (QED) is 0.367. The Labute approximate surface area is 205 Å². The molecule has 1 saturated heterocycles. The van der Waals surface area contributed by atoms with Crippen LogP contribution in [0.1, 0.15) is 49.0 Å².